The van der Waals surface area contributed by atoms with E-state index in [4.69, 9.17) is 15.3 Å². The van der Waals surface area contributed by atoms with Gasteiger partial charge in [0.2, 0.25) is 0 Å². The van der Waals surface area contributed by atoms with E-state index in [-0.39, 0.29) is 6.61 Å². The summed E-state index contributed by atoms with van der Waals surface area (Å²) in [5.74, 6) is 0.419. The molecule has 0 bridgehead atoms. The Hall–Kier alpha value is -1.75. The van der Waals surface area contributed by atoms with Crippen LogP contribution in [0.25, 0.3) is 11.1 Å². The number of aliphatic hydroxyl groups is 1. The van der Waals surface area contributed by atoms with Gasteiger partial charge in [0.25, 0.3) is 6.01 Å². The predicted octanol–water partition coefficient (Wildman–Crippen LogP) is 2.23. The van der Waals surface area contributed by atoms with E-state index in [2.05, 4.69) is 17.2 Å². The van der Waals surface area contributed by atoms with Crippen molar-refractivity contribution < 1.29 is 9.52 Å². The van der Waals surface area contributed by atoms with Gasteiger partial charge in [0.05, 0.1) is 5.69 Å². The average molecular weight is 249 g/mol. The van der Waals surface area contributed by atoms with E-state index in [9.17, 15) is 0 Å². The fraction of sp³-hybridized carbons (Fsp3) is 0.462. The first-order valence-corrected chi connectivity index (χ1v) is 6.24. The Morgan fingerprint density at radius 3 is 3.00 bits per heavy atom. The van der Waals surface area contributed by atoms with Crippen LogP contribution in [0.1, 0.15) is 19.8 Å². The summed E-state index contributed by atoms with van der Waals surface area (Å²) in [6.45, 7) is 3.05. The summed E-state index contributed by atoms with van der Waals surface area (Å²) in [5.41, 5.74) is 7.81. The van der Waals surface area contributed by atoms with Gasteiger partial charge in [-0.25, -0.2) is 0 Å². The molecule has 2 rings (SSSR count). The monoisotopic (exact) mass is 249 g/mol. The van der Waals surface area contributed by atoms with Gasteiger partial charge in [-0.05, 0) is 24.5 Å². The number of benzene rings is 1. The van der Waals surface area contributed by atoms with Crippen molar-refractivity contribution in [2.45, 2.75) is 19.8 Å². The van der Waals surface area contributed by atoms with Gasteiger partial charge >= 0.3 is 0 Å². The average Bonchev–Trinajstić information content (AvgIpc) is 2.79. The number of oxazole rings is 1. The lowest BCUT2D eigenvalue weighted by atomic mass is 10.0. The lowest BCUT2D eigenvalue weighted by Gasteiger charge is -2.12. The zero-order valence-electron chi connectivity index (χ0n) is 10.5. The molecule has 0 aliphatic heterocycles. The third-order valence-corrected chi connectivity index (χ3v) is 3.11. The summed E-state index contributed by atoms with van der Waals surface area (Å²) in [6, 6.07) is 5.97. The van der Waals surface area contributed by atoms with Gasteiger partial charge < -0.3 is 20.6 Å². The Morgan fingerprint density at radius 2 is 2.33 bits per heavy atom. The van der Waals surface area contributed by atoms with Gasteiger partial charge in [0, 0.05) is 13.2 Å². The van der Waals surface area contributed by atoms with Gasteiger partial charge in [-0.15, -0.1) is 0 Å². The van der Waals surface area contributed by atoms with Crippen LogP contribution >= 0.6 is 0 Å². The zero-order valence-corrected chi connectivity index (χ0v) is 10.5. The van der Waals surface area contributed by atoms with E-state index in [0.717, 1.165) is 19.4 Å². The smallest absolute Gasteiger partial charge is 0.295 e. The highest BCUT2D eigenvalue weighted by Crippen LogP contribution is 2.23. The first kappa shape index (κ1) is 12.7. The van der Waals surface area contributed by atoms with E-state index in [1.165, 1.54) is 0 Å². The maximum atomic E-state index is 8.93. The second kappa shape index (κ2) is 5.73. The Balaban J connectivity index is 2.06. The predicted molar refractivity (Wildman–Crippen MR) is 72.4 cm³/mol. The lowest BCUT2D eigenvalue weighted by molar-refractivity contribution is 0.258. The summed E-state index contributed by atoms with van der Waals surface area (Å²) in [4.78, 5) is 4.31. The number of aromatic nitrogens is 1. The molecule has 0 radical (unpaired) electrons. The zero-order chi connectivity index (χ0) is 13.0. The first-order chi connectivity index (χ1) is 8.74. The van der Waals surface area contributed by atoms with Crippen molar-refractivity contribution in [3.8, 4) is 0 Å². The summed E-state index contributed by atoms with van der Waals surface area (Å²) < 4.78 is 5.56. The fourth-order valence-corrected chi connectivity index (χ4v) is 1.91. The molecular weight excluding hydrogens is 230 g/mol. The maximum Gasteiger partial charge on any atom is 0.295 e. The van der Waals surface area contributed by atoms with Crippen LogP contribution in [0.15, 0.2) is 22.6 Å². The van der Waals surface area contributed by atoms with Crippen LogP contribution in [0.4, 0.5) is 11.7 Å². The molecule has 2 aromatic rings. The van der Waals surface area contributed by atoms with Crippen LogP contribution < -0.4 is 11.1 Å². The maximum absolute atomic E-state index is 8.93. The molecule has 18 heavy (non-hydrogen) atoms. The molecule has 1 atom stereocenters. The SMILES string of the molecule is CCC(CCO)CNc1nc2c(N)cccc2o1. The molecule has 0 amide bonds. The van der Waals surface area contributed by atoms with Crippen LogP contribution in [-0.4, -0.2) is 23.2 Å². The van der Waals surface area contributed by atoms with Crippen molar-refractivity contribution in [1.82, 2.24) is 4.98 Å². The number of nitrogen functional groups attached to an aromatic ring is 1. The van der Waals surface area contributed by atoms with E-state index in [1.807, 2.05) is 12.1 Å². The lowest BCUT2D eigenvalue weighted by Crippen LogP contribution is -2.15. The van der Waals surface area contributed by atoms with E-state index in [1.54, 1.807) is 6.07 Å². The summed E-state index contributed by atoms with van der Waals surface area (Å²) >= 11 is 0. The number of fused-ring (bicyclic) bond motifs is 1. The van der Waals surface area contributed by atoms with Crippen LogP contribution in [0.3, 0.4) is 0 Å². The van der Waals surface area contributed by atoms with E-state index in [0.29, 0.717) is 28.7 Å². The number of anilines is 2. The molecule has 1 aromatic carbocycles. The van der Waals surface area contributed by atoms with Crippen molar-refractivity contribution in [3.05, 3.63) is 18.2 Å². The van der Waals surface area contributed by atoms with Crippen molar-refractivity contribution in [3.63, 3.8) is 0 Å². The van der Waals surface area contributed by atoms with Crippen molar-refractivity contribution in [2.75, 3.05) is 24.2 Å². The summed E-state index contributed by atoms with van der Waals surface area (Å²) in [7, 11) is 0. The van der Waals surface area contributed by atoms with E-state index >= 15 is 0 Å². The Kier molecular flexibility index (Phi) is 4.04. The number of nitrogens with one attached hydrogen (secondary N) is 1. The van der Waals surface area contributed by atoms with E-state index < -0.39 is 0 Å². The largest absolute Gasteiger partial charge is 0.423 e. The highest BCUT2D eigenvalue weighted by molar-refractivity contribution is 5.86. The van der Waals surface area contributed by atoms with Crippen LogP contribution in [0.5, 0.6) is 0 Å². The number of rotatable bonds is 6. The number of nitrogens with zero attached hydrogens (tertiary/aromatic N) is 1. The molecule has 1 heterocycles. The molecule has 5 heteroatoms. The normalized spacial score (nSPS) is 12.8. The molecule has 0 spiro atoms. The molecule has 1 aromatic heterocycles. The Morgan fingerprint density at radius 1 is 1.50 bits per heavy atom. The quantitative estimate of drug-likeness (QED) is 0.684. The molecule has 0 aliphatic rings. The van der Waals surface area contributed by atoms with Gasteiger partial charge in [-0.1, -0.05) is 19.4 Å². The second-order valence-electron chi connectivity index (χ2n) is 4.38. The molecular formula is C13H19N3O2. The topological polar surface area (TPSA) is 84.3 Å². The van der Waals surface area contributed by atoms with Gasteiger partial charge in [0.1, 0.15) is 5.52 Å². The summed E-state index contributed by atoms with van der Waals surface area (Å²) in [6.07, 6.45) is 1.79. The molecule has 4 N–H and O–H groups in total. The molecule has 0 fully saturated rings. The fourth-order valence-electron chi connectivity index (χ4n) is 1.91. The molecule has 0 saturated heterocycles. The highest BCUT2D eigenvalue weighted by Gasteiger charge is 2.10. The molecule has 1 unspecified atom stereocenters. The van der Waals surface area contributed by atoms with Crippen LogP contribution in [-0.2, 0) is 0 Å². The second-order valence-corrected chi connectivity index (χ2v) is 4.38. The number of hydrogen-bond donors (Lipinski definition) is 3. The van der Waals surface area contributed by atoms with Crippen molar-refractivity contribution in [1.29, 1.82) is 0 Å². The molecule has 98 valence electrons. The Bertz CT molecular complexity index is 510. The minimum absolute atomic E-state index is 0.209. The standard InChI is InChI=1S/C13H19N3O2/c1-2-9(6-7-17)8-15-13-16-12-10(14)4-3-5-11(12)18-13/h3-5,9,17H,2,6-8,14H2,1H3,(H,15,16). The summed E-state index contributed by atoms with van der Waals surface area (Å²) in [5, 5.41) is 12.1. The van der Waals surface area contributed by atoms with Gasteiger partial charge in [-0.2, -0.15) is 4.98 Å². The molecule has 0 aliphatic carbocycles. The van der Waals surface area contributed by atoms with Crippen LogP contribution in [0, 0.1) is 5.92 Å². The van der Waals surface area contributed by atoms with Crippen LogP contribution in [0.2, 0.25) is 0 Å². The third kappa shape index (κ3) is 2.73. The van der Waals surface area contributed by atoms with Gasteiger partial charge in [-0.3, -0.25) is 0 Å². The first-order valence-electron chi connectivity index (χ1n) is 6.24. The number of para-hydroxylation sites is 1. The van der Waals surface area contributed by atoms with Crippen molar-refractivity contribution >= 4 is 22.8 Å². The Labute approximate surface area is 106 Å². The minimum atomic E-state index is 0.209. The minimum Gasteiger partial charge on any atom is -0.423 e. The molecule has 0 saturated carbocycles. The number of aliphatic hydroxyl groups excluding tert-OH is 1. The third-order valence-electron chi connectivity index (χ3n) is 3.11. The molecule has 5 nitrogen and oxygen atoms in total. The number of nitrogens with two attached hydrogens (primary N) is 1. The highest BCUT2D eigenvalue weighted by atomic mass is 16.4. The van der Waals surface area contributed by atoms with Gasteiger partial charge in [0.15, 0.2) is 5.58 Å². The number of hydrogen-bond acceptors (Lipinski definition) is 5. The van der Waals surface area contributed by atoms with Crippen molar-refractivity contribution in [2.24, 2.45) is 5.92 Å².